The molecule has 24 heavy (non-hydrogen) atoms. The summed E-state index contributed by atoms with van der Waals surface area (Å²) >= 11 is 5.94. The Hall–Kier alpha value is -2.33. The van der Waals surface area contributed by atoms with Crippen molar-refractivity contribution in [3.63, 3.8) is 0 Å². The van der Waals surface area contributed by atoms with E-state index in [0.29, 0.717) is 11.6 Å². The summed E-state index contributed by atoms with van der Waals surface area (Å²) in [5, 5.41) is 0.624. The highest BCUT2D eigenvalue weighted by Crippen LogP contribution is 2.36. The van der Waals surface area contributed by atoms with E-state index in [1.54, 1.807) is 17.0 Å². The summed E-state index contributed by atoms with van der Waals surface area (Å²) in [6.45, 7) is 0.392. The van der Waals surface area contributed by atoms with Gasteiger partial charge in [0.05, 0.1) is 7.11 Å². The summed E-state index contributed by atoms with van der Waals surface area (Å²) in [7, 11) is 1.35. The van der Waals surface area contributed by atoms with Gasteiger partial charge in [-0.2, -0.15) is 0 Å². The molecular formula is C19H18ClNO3. The molecule has 0 unspecified atom stereocenters. The SMILES string of the molecule is COC(=O)[C@@H]1[C@@H](c2ccc(Cl)cc2)CC(=O)N1Cc1ccccc1. The lowest BCUT2D eigenvalue weighted by atomic mass is 9.91. The largest absolute Gasteiger partial charge is 0.467 e. The average Bonchev–Trinajstić information content (AvgIpc) is 2.92. The molecule has 0 bridgehead atoms. The van der Waals surface area contributed by atoms with E-state index in [1.165, 1.54) is 7.11 Å². The second-order valence-electron chi connectivity index (χ2n) is 5.84. The molecule has 124 valence electrons. The van der Waals surface area contributed by atoms with Gasteiger partial charge in [-0.15, -0.1) is 0 Å². The summed E-state index contributed by atoms with van der Waals surface area (Å²) < 4.78 is 4.97. The van der Waals surface area contributed by atoms with E-state index in [1.807, 2.05) is 42.5 Å². The highest BCUT2D eigenvalue weighted by atomic mass is 35.5. The Kier molecular flexibility index (Phi) is 4.86. The van der Waals surface area contributed by atoms with Crippen molar-refractivity contribution in [1.29, 1.82) is 0 Å². The number of amides is 1. The van der Waals surface area contributed by atoms with Crippen molar-refractivity contribution in [2.45, 2.75) is 24.9 Å². The molecule has 0 aromatic heterocycles. The first-order valence-electron chi connectivity index (χ1n) is 7.77. The number of halogens is 1. The number of nitrogens with zero attached hydrogens (tertiary/aromatic N) is 1. The maximum atomic E-state index is 12.6. The van der Waals surface area contributed by atoms with Crippen LogP contribution in [0.4, 0.5) is 0 Å². The predicted molar refractivity (Wildman–Crippen MR) is 91.6 cm³/mol. The fourth-order valence-electron chi connectivity index (χ4n) is 3.18. The number of benzene rings is 2. The van der Waals surface area contributed by atoms with Crippen molar-refractivity contribution < 1.29 is 14.3 Å². The van der Waals surface area contributed by atoms with Gasteiger partial charge in [-0.1, -0.05) is 54.1 Å². The monoisotopic (exact) mass is 343 g/mol. The molecule has 1 amide bonds. The standard InChI is InChI=1S/C19H18ClNO3/c1-24-19(23)18-16(14-7-9-15(20)10-8-14)11-17(22)21(18)12-13-5-3-2-4-6-13/h2-10,16,18H,11-12H2,1H3/t16-,18+/m1/s1. The number of carbonyl (C=O) groups excluding carboxylic acids is 2. The van der Waals surface area contributed by atoms with E-state index in [0.717, 1.165) is 11.1 Å². The Morgan fingerprint density at radius 1 is 1.17 bits per heavy atom. The molecule has 3 rings (SSSR count). The molecule has 1 saturated heterocycles. The van der Waals surface area contributed by atoms with E-state index < -0.39 is 12.0 Å². The second kappa shape index (κ2) is 7.05. The van der Waals surface area contributed by atoms with Gasteiger partial charge in [0, 0.05) is 23.9 Å². The van der Waals surface area contributed by atoms with Crippen LogP contribution in [0.15, 0.2) is 54.6 Å². The number of carbonyl (C=O) groups is 2. The number of methoxy groups -OCH3 is 1. The van der Waals surface area contributed by atoms with Crippen molar-refractivity contribution in [1.82, 2.24) is 4.90 Å². The van der Waals surface area contributed by atoms with E-state index >= 15 is 0 Å². The van der Waals surface area contributed by atoms with Crippen LogP contribution in [0, 0.1) is 0 Å². The van der Waals surface area contributed by atoms with Crippen LogP contribution in [0.3, 0.4) is 0 Å². The molecule has 5 heteroatoms. The van der Waals surface area contributed by atoms with E-state index in [4.69, 9.17) is 16.3 Å². The van der Waals surface area contributed by atoms with Crippen LogP contribution in [-0.4, -0.2) is 29.9 Å². The van der Waals surface area contributed by atoms with Gasteiger partial charge in [-0.05, 0) is 23.3 Å². The topological polar surface area (TPSA) is 46.6 Å². The third-order valence-corrected chi connectivity index (χ3v) is 4.62. The zero-order chi connectivity index (χ0) is 17.1. The Bertz CT molecular complexity index is 730. The minimum atomic E-state index is -0.621. The lowest BCUT2D eigenvalue weighted by molar-refractivity contribution is -0.150. The van der Waals surface area contributed by atoms with Gasteiger partial charge in [0.15, 0.2) is 0 Å². The van der Waals surface area contributed by atoms with Gasteiger partial charge in [-0.3, -0.25) is 4.79 Å². The van der Waals surface area contributed by atoms with Crippen LogP contribution >= 0.6 is 11.6 Å². The smallest absolute Gasteiger partial charge is 0.329 e. The molecule has 4 nitrogen and oxygen atoms in total. The zero-order valence-corrected chi connectivity index (χ0v) is 14.1. The highest BCUT2D eigenvalue weighted by molar-refractivity contribution is 6.30. The number of hydrogen-bond donors (Lipinski definition) is 0. The Labute approximate surface area is 146 Å². The van der Waals surface area contributed by atoms with Crippen LogP contribution in [-0.2, 0) is 20.9 Å². The van der Waals surface area contributed by atoms with Crippen molar-refractivity contribution in [3.05, 3.63) is 70.7 Å². The number of hydrogen-bond acceptors (Lipinski definition) is 3. The van der Waals surface area contributed by atoms with Crippen molar-refractivity contribution in [2.24, 2.45) is 0 Å². The molecule has 1 aliphatic rings. The second-order valence-corrected chi connectivity index (χ2v) is 6.27. The van der Waals surface area contributed by atoms with E-state index in [9.17, 15) is 9.59 Å². The Balaban J connectivity index is 1.92. The summed E-state index contributed by atoms with van der Waals surface area (Å²) in [4.78, 5) is 26.5. The summed E-state index contributed by atoms with van der Waals surface area (Å²) in [6, 6.07) is 16.3. The van der Waals surface area contributed by atoms with Crippen LogP contribution in [0.1, 0.15) is 23.5 Å². The van der Waals surface area contributed by atoms with Gasteiger partial charge in [0.2, 0.25) is 5.91 Å². The predicted octanol–water partition coefficient (Wildman–Crippen LogP) is 3.40. The summed E-state index contributed by atoms with van der Waals surface area (Å²) in [6.07, 6.45) is 0.286. The minimum Gasteiger partial charge on any atom is -0.467 e. The fraction of sp³-hybridized carbons (Fsp3) is 0.263. The summed E-state index contributed by atoms with van der Waals surface area (Å²) in [5.41, 5.74) is 1.90. The Morgan fingerprint density at radius 3 is 2.46 bits per heavy atom. The van der Waals surface area contributed by atoms with E-state index in [2.05, 4.69) is 0 Å². The van der Waals surface area contributed by atoms with Gasteiger partial charge >= 0.3 is 5.97 Å². The molecule has 1 aliphatic heterocycles. The first-order valence-corrected chi connectivity index (χ1v) is 8.14. The van der Waals surface area contributed by atoms with E-state index in [-0.39, 0.29) is 18.2 Å². The number of rotatable bonds is 4. The van der Waals surface area contributed by atoms with Crippen molar-refractivity contribution in [3.8, 4) is 0 Å². The molecule has 0 radical (unpaired) electrons. The molecule has 1 heterocycles. The molecule has 1 fully saturated rings. The van der Waals surface area contributed by atoms with Crippen LogP contribution in [0.25, 0.3) is 0 Å². The van der Waals surface area contributed by atoms with Crippen LogP contribution < -0.4 is 0 Å². The van der Waals surface area contributed by atoms with Crippen LogP contribution in [0.2, 0.25) is 5.02 Å². The van der Waals surface area contributed by atoms with Gasteiger partial charge in [0.25, 0.3) is 0 Å². The normalized spacial score (nSPS) is 20.2. The molecule has 0 aliphatic carbocycles. The first-order chi connectivity index (χ1) is 11.6. The lowest BCUT2D eigenvalue weighted by Gasteiger charge is -2.26. The average molecular weight is 344 g/mol. The first kappa shape index (κ1) is 16.5. The minimum absolute atomic E-state index is 0.0470. The zero-order valence-electron chi connectivity index (χ0n) is 13.3. The third-order valence-electron chi connectivity index (χ3n) is 4.37. The number of esters is 1. The summed E-state index contributed by atoms with van der Waals surface area (Å²) in [5.74, 6) is -0.670. The molecule has 2 aromatic carbocycles. The van der Waals surface area contributed by atoms with Gasteiger partial charge in [-0.25, -0.2) is 4.79 Å². The lowest BCUT2D eigenvalue weighted by Crippen LogP contribution is -2.41. The third kappa shape index (κ3) is 3.29. The molecule has 0 spiro atoms. The highest BCUT2D eigenvalue weighted by Gasteiger charge is 2.45. The van der Waals surface area contributed by atoms with Crippen LogP contribution in [0.5, 0.6) is 0 Å². The number of likely N-dealkylation sites (tertiary alicyclic amines) is 1. The Morgan fingerprint density at radius 2 is 1.83 bits per heavy atom. The van der Waals surface area contributed by atoms with Crippen molar-refractivity contribution in [2.75, 3.05) is 7.11 Å². The molecule has 0 saturated carbocycles. The maximum absolute atomic E-state index is 12.6. The molecule has 2 aromatic rings. The molecular weight excluding hydrogens is 326 g/mol. The number of ether oxygens (including phenoxy) is 1. The quantitative estimate of drug-likeness (QED) is 0.799. The van der Waals surface area contributed by atoms with Gasteiger partial charge in [0.1, 0.15) is 6.04 Å². The fourth-order valence-corrected chi connectivity index (χ4v) is 3.30. The van der Waals surface area contributed by atoms with Crippen molar-refractivity contribution >= 4 is 23.5 Å². The maximum Gasteiger partial charge on any atom is 0.329 e. The molecule has 2 atom stereocenters. The van der Waals surface area contributed by atoms with Gasteiger partial charge < -0.3 is 9.64 Å². The molecule has 0 N–H and O–H groups in total.